The number of fused-ring (bicyclic) bond motifs is 1. The first-order valence-corrected chi connectivity index (χ1v) is 26.0. The van der Waals surface area contributed by atoms with E-state index in [0.29, 0.717) is 0 Å². The predicted molar refractivity (Wildman–Crippen MR) is 277 cm³/mol. The van der Waals surface area contributed by atoms with Crippen LogP contribution in [0, 0.1) is 0 Å². The molecule has 4 heterocycles. The molecule has 3 fully saturated rings. The Labute approximate surface area is 483 Å². The number of carbonyl (C=O) groups excluding carboxylic acids is 10. The van der Waals surface area contributed by atoms with E-state index in [2.05, 4.69) is 0 Å². The molecular formula is C55H64O30. The van der Waals surface area contributed by atoms with Crippen LogP contribution in [0.3, 0.4) is 0 Å². The molecule has 6 rings (SSSR count). The normalized spacial score (nSPS) is 27.1. The molecule has 0 radical (unpaired) electrons. The van der Waals surface area contributed by atoms with E-state index >= 15 is 4.79 Å². The lowest BCUT2D eigenvalue weighted by atomic mass is 9.96. The molecule has 30 heteroatoms. The second-order valence-corrected chi connectivity index (χ2v) is 19.2. The highest BCUT2D eigenvalue weighted by Crippen LogP contribution is 2.42. The van der Waals surface area contributed by atoms with Gasteiger partial charge in [-0.05, 0) is 32.0 Å². The van der Waals surface area contributed by atoms with Crippen molar-refractivity contribution in [2.75, 3.05) is 20.8 Å². The first kappa shape index (κ1) is 65.7. The molecule has 0 N–H and O–H groups in total. The lowest BCUT2D eigenvalue weighted by molar-refractivity contribution is -0.360. The van der Waals surface area contributed by atoms with Crippen LogP contribution in [0.5, 0.6) is 28.7 Å². The van der Waals surface area contributed by atoms with E-state index in [-0.39, 0.29) is 34.1 Å². The summed E-state index contributed by atoms with van der Waals surface area (Å²) in [5.74, 6) is -10.9. The minimum Gasteiger partial charge on any atom is -0.496 e. The molecule has 15 atom stereocenters. The van der Waals surface area contributed by atoms with Crippen LogP contribution in [0.15, 0.2) is 39.5 Å². The van der Waals surface area contributed by atoms with Crippen molar-refractivity contribution in [1.82, 2.24) is 0 Å². The van der Waals surface area contributed by atoms with Gasteiger partial charge in [-0.3, -0.25) is 52.7 Å². The smallest absolute Gasteiger partial charge is 0.308 e. The zero-order valence-corrected chi connectivity index (χ0v) is 48.5. The second-order valence-electron chi connectivity index (χ2n) is 19.2. The van der Waals surface area contributed by atoms with Gasteiger partial charge in [-0.1, -0.05) is 0 Å². The van der Waals surface area contributed by atoms with Crippen molar-refractivity contribution in [3.05, 3.63) is 40.6 Å². The van der Waals surface area contributed by atoms with Crippen LogP contribution in [0.4, 0.5) is 0 Å². The molecule has 0 saturated carbocycles. The summed E-state index contributed by atoms with van der Waals surface area (Å²) in [4.78, 5) is 142. The maximum absolute atomic E-state index is 15.2. The van der Waals surface area contributed by atoms with E-state index in [1.165, 1.54) is 58.4 Å². The van der Waals surface area contributed by atoms with Crippen LogP contribution in [0.1, 0.15) is 83.1 Å². The number of ether oxygens (including phenoxy) is 18. The van der Waals surface area contributed by atoms with Gasteiger partial charge in [0.25, 0.3) is 0 Å². The molecule has 0 bridgehead atoms. The molecule has 0 aliphatic carbocycles. The quantitative estimate of drug-likeness (QED) is 0.0891. The number of esters is 10. The molecule has 0 amide bonds. The molecule has 0 unspecified atom stereocenters. The first-order chi connectivity index (χ1) is 40.0. The highest BCUT2D eigenvalue weighted by atomic mass is 16.8. The van der Waals surface area contributed by atoms with E-state index in [1.807, 2.05) is 0 Å². The number of hydrogen-bond acceptors (Lipinski definition) is 30. The minimum atomic E-state index is -2.13. The van der Waals surface area contributed by atoms with Crippen molar-refractivity contribution in [3.63, 3.8) is 0 Å². The van der Waals surface area contributed by atoms with Gasteiger partial charge in [-0.2, -0.15) is 0 Å². The van der Waals surface area contributed by atoms with Crippen LogP contribution in [0.25, 0.3) is 22.3 Å². The van der Waals surface area contributed by atoms with E-state index in [1.54, 1.807) is 0 Å². The molecular weight excluding hydrogens is 1140 g/mol. The lowest BCUT2D eigenvalue weighted by Gasteiger charge is -2.48. The molecule has 3 saturated heterocycles. The van der Waals surface area contributed by atoms with Gasteiger partial charge in [-0.15, -0.1) is 0 Å². The fourth-order valence-electron chi connectivity index (χ4n) is 9.50. The van der Waals surface area contributed by atoms with Crippen LogP contribution in [-0.2, 0) is 110 Å². The predicted octanol–water partition coefficient (Wildman–Crippen LogP) is 2.78. The van der Waals surface area contributed by atoms with Crippen LogP contribution in [-0.4, -0.2) is 173 Å². The molecule has 3 aromatic rings. The SMILES string of the molecule is COc1cc(OC(C)=O)c2c(=O)c(O[C@@H]3O[C@H](CO[C@@H]4O[C@@H](C)[C@H](OC(C)=O)[C@@H](O[C@@H]5O[C@@H](C)[C@H](OC(C)=O)[C@@H](OC(C)=O)[C@H]5OC(C)=O)[C@H]4OC(C)=O)[C@H](OC(C)=O)[C@H](OC(C)=O)[C@H]3OC(C)=O)c(-c3ccc(OC(C)=O)c(OC)c3)oc2c1. The number of benzene rings is 2. The number of carbonyl (C=O) groups is 10. The topological polar surface area (TPSA) is 367 Å². The summed E-state index contributed by atoms with van der Waals surface area (Å²) in [5, 5.41) is -0.408. The van der Waals surface area contributed by atoms with Crippen molar-refractivity contribution >= 4 is 70.7 Å². The summed E-state index contributed by atoms with van der Waals surface area (Å²) in [7, 11) is 2.54. The summed E-state index contributed by atoms with van der Waals surface area (Å²) in [6.45, 7) is 12.2. The van der Waals surface area contributed by atoms with Gasteiger partial charge < -0.3 is 89.7 Å². The van der Waals surface area contributed by atoms with Crippen molar-refractivity contribution in [3.8, 4) is 40.1 Å². The van der Waals surface area contributed by atoms with E-state index < -0.39 is 181 Å². The maximum atomic E-state index is 15.2. The average molecular weight is 1210 g/mol. The Hall–Kier alpha value is -8.45. The summed E-state index contributed by atoms with van der Waals surface area (Å²) >= 11 is 0. The zero-order valence-electron chi connectivity index (χ0n) is 48.5. The van der Waals surface area contributed by atoms with Gasteiger partial charge in [0, 0.05) is 86.9 Å². The molecule has 464 valence electrons. The Morgan fingerprint density at radius 1 is 0.447 bits per heavy atom. The van der Waals surface area contributed by atoms with Crippen LogP contribution < -0.4 is 29.1 Å². The monoisotopic (exact) mass is 1200 g/mol. The Morgan fingerprint density at radius 2 is 0.894 bits per heavy atom. The Balaban J connectivity index is 1.51. The van der Waals surface area contributed by atoms with Gasteiger partial charge in [0.1, 0.15) is 34.7 Å². The summed E-state index contributed by atoms with van der Waals surface area (Å²) in [6, 6.07) is 6.43. The van der Waals surface area contributed by atoms with Crippen LogP contribution in [0.2, 0.25) is 0 Å². The molecule has 2 aromatic carbocycles. The molecule has 3 aliphatic rings. The Morgan fingerprint density at radius 3 is 1.40 bits per heavy atom. The minimum absolute atomic E-state index is 0.00468. The highest BCUT2D eigenvalue weighted by Gasteiger charge is 2.58. The fraction of sp³-hybridized carbons (Fsp3) is 0.545. The zero-order chi connectivity index (χ0) is 62.9. The lowest BCUT2D eigenvalue weighted by Crippen LogP contribution is -2.66. The molecule has 0 spiro atoms. The Bertz CT molecular complexity index is 3090. The van der Waals surface area contributed by atoms with E-state index in [0.717, 1.165) is 69.2 Å². The molecule has 30 nitrogen and oxygen atoms in total. The van der Waals surface area contributed by atoms with Crippen molar-refractivity contribution in [2.24, 2.45) is 0 Å². The summed E-state index contributed by atoms with van der Waals surface area (Å²) in [6.07, 6.45) is -25.5. The van der Waals surface area contributed by atoms with Gasteiger partial charge in [0.05, 0.1) is 33.0 Å². The average Bonchev–Trinajstić information content (AvgIpc) is 1.09. The maximum Gasteiger partial charge on any atom is 0.308 e. The van der Waals surface area contributed by atoms with E-state index in [4.69, 9.17) is 89.7 Å². The van der Waals surface area contributed by atoms with Crippen LogP contribution >= 0.6 is 0 Å². The fourth-order valence-corrected chi connectivity index (χ4v) is 9.50. The first-order valence-electron chi connectivity index (χ1n) is 26.0. The number of methoxy groups -OCH3 is 2. The van der Waals surface area contributed by atoms with Crippen molar-refractivity contribution in [1.29, 1.82) is 0 Å². The third-order valence-electron chi connectivity index (χ3n) is 12.5. The summed E-state index contributed by atoms with van der Waals surface area (Å²) in [5.41, 5.74) is -1.32. The Kier molecular flexibility index (Phi) is 22.0. The molecule has 1 aromatic heterocycles. The second kappa shape index (κ2) is 28.4. The largest absolute Gasteiger partial charge is 0.496 e. The number of hydrogen-bond donors (Lipinski definition) is 0. The molecule has 3 aliphatic heterocycles. The third kappa shape index (κ3) is 16.5. The number of rotatable bonds is 20. The van der Waals surface area contributed by atoms with Gasteiger partial charge in [-0.25, -0.2) is 0 Å². The van der Waals surface area contributed by atoms with Crippen molar-refractivity contribution < 1.29 is 138 Å². The van der Waals surface area contributed by atoms with E-state index in [9.17, 15) is 47.9 Å². The third-order valence-corrected chi connectivity index (χ3v) is 12.5. The highest BCUT2D eigenvalue weighted by molar-refractivity contribution is 5.91. The van der Waals surface area contributed by atoms with Gasteiger partial charge in [0.2, 0.25) is 23.6 Å². The van der Waals surface area contributed by atoms with Gasteiger partial charge in [0.15, 0.2) is 72.6 Å². The summed E-state index contributed by atoms with van der Waals surface area (Å²) < 4.78 is 111. The molecule has 85 heavy (non-hydrogen) atoms. The van der Waals surface area contributed by atoms with Crippen molar-refractivity contribution in [2.45, 2.75) is 175 Å². The van der Waals surface area contributed by atoms with Gasteiger partial charge >= 0.3 is 59.7 Å². The standard InChI is InChI=1S/C55H64O30/c1-21-43(75-26(6)59)48(85-54-51(80-31(11)64)47(77-28(8)61)42(22(2)71-54)74-25(5)58)50(79-30(10)63)53(70-21)69-20-39-45(76-27(7)60)49(78-29(9)62)52(81-32(12)65)55(83-39)84-46-41(66)40-37(73-24(4)57)18-34(67-13)19-38(40)82-44(46)33-15-16-35(72-23(3)56)36(17-33)68-14/h15-19,21-22,39,42-43,45,47-55H,20H2,1-14H3/t21-,22-,39+,42-,43-,45-,47+,48+,49-,50+,51+,52+,53+,54-,55-/m0/s1.